The number of oxazole rings is 1. The first-order chi connectivity index (χ1) is 11.8. The van der Waals surface area contributed by atoms with Crippen molar-refractivity contribution in [2.24, 2.45) is 5.14 Å². The number of sulfonamides is 1. The molecule has 0 saturated carbocycles. The lowest BCUT2D eigenvalue weighted by molar-refractivity contribution is 0.0425. The second-order valence-corrected chi connectivity index (χ2v) is 6.38. The number of hydrogen-bond acceptors (Lipinski definition) is 7. The zero-order valence-electron chi connectivity index (χ0n) is 12.5. The van der Waals surface area contributed by atoms with Crippen LogP contribution in [0.1, 0.15) is 16.2 Å². The number of carbonyl (C=O) groups excluding carboxylic acids is 1. The first-order valence-corrected chi connectivity index (χ1v) is 8.37. The lowest BCUT2D eigenvalue weighted by Crippen LogP contribution is -2.11. The molecule has 0 aliphatic heterocycles. The fourth-order valence-electron chi connectivity index (χ4n) is 1.89. The number of aromatic nitrogens is 1. The summed E-state index contributed by atoms with van der Waals surface area (Å²) in [5.74, 6) is -1.35. The van der Waals surface area contributed by atoms with Gasteiger partial charge in [0.25, 0.3) is 10.0 Å². The Morgan fingerprint density at radius 2 is 1.92 bits per heavy atom. The molecule has 0 bridgehead atoms. The summed E-state index contributed by atoms with van der Waals surface area (Å²) >= 11 is 0. The van der Waals surface area contributed by atoms with Gasteiger partial charge in [-0.05, 0) is 36.4 Å². The maximum atomic E-state index is 12.9. The molecule has 2 aromatic heterocycles. The van der Waals surface area contributed by atoms with Gasteiger partial charge in [-0.15, -0.1) is 0 Å². The maximum Gasteiger partial charge on any atom is 0.374 e. The Kier molecular flexibility index (Phi) is 4.38. The van der Waals surface area contributed by atoms with Crippen LogP contribution in [0.4, 0.5) is 4.39 Å². The van der Waals surface area contributed by atoms with E-state index in [1.54, 1.807) is 0 Å². The van der Waals surface area contributed by atoms with E-state index >= 15 is 0 Å². The van der Waals surface area contributed by atoms with Crippen LogP contribution in [0, 0.1) is 5.82 Å². The van der Waals surface area contributed by atoms with E-state index in [1.165, 1.54) is 30.5 Å². The van der Waals surface area contributed by atoms with Crippen LogP contribution in [0.15, 0.2) is 56.6 Å². The number of nitrogens with two attached hydrogens (primary N) is 1. The number of furan rings is 1. The van der Waals surface area contributed by atoms with Crippen molar-refractivity contribution in [2.75, 3.05) is 0 Å². The van der Waals surface area contributed by atoms with Gasteiger partial charge < -0.3 is 13.6 Å². The van der Waals surface area contributed by atoms with Gasteiger partial charge in [0.2, 0.25) is 16.7 Å². The van der Waals surface area contributed by atoms with Crippen molar-refractivity contribution in [3.05, 3.63) is 59.9 Å². The van der Waals surface area contributed by atoms with Gasteiger partial charge in [0, 0.05) is 5.56 Å². The highest BCUT2D eigenvalue weighted by Gasteiger charge is 2.19. The molecule has 0 saturated heterocycles. The quantitative estimate of drug-likeness (QED) is 0.685. The van der Waals surface area contributed by atoms with E-state index in [9.17, 15) is 17.6 Å². The van der Waals surface area contributed by atoms with Crippen LogP contribution < -0.4 is 5.14 Å². The van der Waals surface area contributed by atoms with Crippen LogP contribution in [0.3, 0.4) is 0 Å². The van der Waals surface area contributed by atoms with Crippen molar-refractivity contribution in [1.82, 2.24) is 4.98 Å². The highest BCUT2D eigenvalue weighted by molar-refractivity contribution is 7.89. The van der Waals surface area contributed by atoms with Crippen LogP contribution in [0.2, 0.25) is 0 Å². The number of nitrogens with zero attached hydrogens (tertiary/aromatic N) is 1. The summed E-state index contributed by atoms with van der Waals surface area (Å²) < 4.78 is 50.1. The van der Waals surface area contributed by atoms with E-state index < -0.39 is 21.1 Å². The maximum absolute atomic E-state index is 12.9. The van der Waals surface area contributed by atoms with Gasteiger partial charge >= 0.3 is 5.97 Å². The molecule has 2 heterocycles. The van der Waals surface area contributed by atoms with Crippen molar-refractivity contribution >= 4 is 16.0 Å². The third-order valence-electron chi connectivity index (χ3n) is 3.06. The third kappa shape index (κ3) is 3.92. The van der Waals surface area contributed by atoms with Gasteiger partial charge in [0.1, 0.15) is 24.4 Å². The zero-order chi connectivity index (χ0) is 18.0. The number of carbonyl (C=O) groups is 1. The average Bonchev–Trinajstić information content (AvgIpc) is 3.22. The highest BCUT2D eigenvalue weighted by atomic mass is 32.2. The smallest absolute Gasteiger partial charge is 0.374 e. The van der Waals surface area contributed by atoms with Gasteiger partial charge in [0.05, 0.1) is 0 Å². The number of esters is 1. The minimum atomic E-state index is -4.04. The molecule has 3 aromatic rings. The molecule has 0 radical (unpaired) electrons. The van der Waals surface area contributed by atoms with Crippen molar-refractivity contribution in [1.29, 1.82) is 0 Å². The number of benzene rings is 1. The molecule has 130 valence electrons. The van der Waals surface area contributed by atoms with Crippen molar-refractivity contribution in [3.8, 4) is 11.5 Å². The van der Waals surface area contributed by atoms with Crippen molar-refractivity contribution in [3.63, 3.8) is 0 Å². The molecule has 3 rings (SSSR count). The van der Waals surface area contributed by atoms with E-state index in [4.69, 9.17) is 18.7 Å². The molecule has 0 amide bonds. The summed E-state index contributed by atoms with van der Waals surface area (Å²) in [5.41, 5.74) is 0.869. The largest absolute Gasteiger partial charge is 0.453 e. The Balaban J connectivity index is 1.65. The van der Waals surface area contributed by atoms with E-state index in [1.807, 2.05) is 0 Å². The lowest BCUT2D eigenvalue weighted by Gasteiger charge is -1.99. The van der Waals surface area contributed by atoms with Crippen LogP contribution in [0.5, 0.6) is 0 Å². The summed E-state index contributed by atoms with van der Waals surface area (Å²) in [6.45, 7) is -0.227. The number of ether oxygens (including phenoxy) is 1. The first kappa shape index (κ1) is 16.9. The Morgan fingerprint density at radius 1 is 1.20 bits per heavy atom. The summed E-state index contributed by atoms with van der Waals surface area (Å²) in [4.78, 5) is 15.9. The molecular weight excluding hydrogens is 355 g/mol. The molecule has 0 unspecified atom stereocenters. The topological polar surface area (TPSA) is 126 Å². The molecule has 2 N–H and O–H groups in total. The number of halogens is 1. The number of primary sulfonamides is 1. The minimum Gasteiger partial charge on any atom is -0.453 e. The molecule has 0 spiro atoms. The molecule has 8 nitrogen and oxygen atoms in total. The van der Waals surface area contributed by atoms with Crippen LogP contribution in [-0.4, -0.2) is 19.4 Å². The standard InChI is InChI=1S/C15H11FN2O6S/c16-10-3-1-9(2-4-10)14-18-11(7-22-14)8-23-15(19)12-5-6-13(24-12)25(17,20)21/h1-7H,8H2,(H2,17,20,21). The van der Waals surface area contributed by atoms with E-state index in [-0.39, 0.29) is 24.1 Å². The van der Waals surface area contributed by atoms with Gasteiger partial charge in [0.15, 0.2) is 0 Å². The van der Waals surface area contributed by atoms with Gasteiger partial charge in [-0.25, -0.2) is 27.7 Å². The molecule has 0 aliphatic rings. The summed E-state index contributed by atoms with van der Waals surface area (Å²) in [5, 5.41) is 4.34. The molecule has 10 heteroatoms. The minimum absolute atomic E-state index is 0.227. The average molecular weight is 366 g/mol. The van der Waals surface area contributed by atoms with Gasteiger partial charge in [-0.3, -0.25) is 0 Å². The molecule has 1 aromatic carbocycles. The van der Waals surface area contributed by atoms with Crippen molar-refractivity contribution in [2.45, 2.75) is 11.7 Å². The summed E-state index contributed by atoms with van der Waals surface area (Å²) in [6.07, 6.45) is 1.28. The molecule has 0 fully saturated rings. The van der Waals surface area contributed by atoms with Gasteiger partial charge in [-0.1, -0.05) is 0 Å². The fraction of sp³-hybridized carbons (Fsp3) is 0.0667. The predicted molar refractivity (Wildman–Crippen MR) is 81.1 cm³/mol. The Hall–Kier alpha value is -2.98. The predicted octanol–water partition coefficient (Wildman–Crippen LogP) is 2.08. The number of rotatable bonds is 5. The Labute approximate surface area is 141 Å². The van der Waals surface area contributed by atoms with Crippen LogP contribution in [-0.2, 0) is 21.4 Å². The normalized spacial score (nSPS) is 11.4. The van der Waals surface area contributed by atoms with E-state index in [0.29, 0.717) is 11.3 Å². The second kappa shape index (κ2) is 6.49. The van der Waals surface area contributed by atoms with E-state index in [0.717, 1.165) is 12.1 Å². The monoisotopic (exact) mass is 366 g/mol. The van der Waals surface area contributed by atoms with Crippen LogP contribution in [0.25, 0.3) is 11.5 Å². The second-order valence-electron chi connectivity index (χ2n) is 4.89. The number of hydrogen-bond donors (Lipinski definition) is 1. The Morgan fingerprint density at radius 3 is 2.56 bits per heavy atom. The molecular formula is C15H11FN2O6S. The molecule has 0 aliphatic carbocycles. The van der Waals surface area contributed by atoms with Crippen molar-refractivity contribution < 1.29 is 31.2 Å². The first-order valence-electron chi connectivity index (χ1n) is 6.83. The van der Waals surface area contributed by atoms with Gasteiger partial charge in [-0.2, -0.15) is 0 Å². The fourth-order valence-corrected chi connectivity index (χ4v) is 2.36. The summed E-state index contributed by atoms with van der Waals surface area (Å²) in [6, 6.07) is 7.70. The SMILES string of the molecule is NS(=O)(=O)c1ccc(C(=O)OCc2coc(-c3ccc(F)cc3)n2)o1. The van der Waals surface area contributed by atoms with Crippen LogP contribution >= 0.6 is 0 Å². The molecule has 0 atom stereocenters. The molecule has 25 heavy (non-hydrogen) atoms. The van der Waals surface area contributed by atoms with E-state index in [2.05, 4.69) is 4.98 Å². The Bertz CT molecular complexity index is 1010. The lowest BCUT2D eigenvalue weighted by atomic mass is 10.2. The third-order valence-corrected chi connectivity index (χ3v) is 3.84. The highest BCUT2D eigenvalue weighted by Crippen LogP contribution is 2.20. The zero-order valence-corrected chi connectivity index (χ0v) is 13.3. The summed E-state index contributed by atoms with van der Waals surface area (Å²) in [7, 11) is -4.04.